The van der Waals surface area contributed by atoms with E-state index in [1.54, 1.807) is 0 Å². The fourth-order valence-corrected chi connectivity index (χ4v) is 9.16. The minimum Gasteiger partial charge on any atom is -0.334 e. The van der Waals surface area contributed by atoms with E-state index >= 15 is 0 Å². The van der Waals surface area contributed by atoms with Gasteiger partial charge in [0.1, 0.15) is 0 Å². The summed E-state index contributed by atoms with van der Waals surface area (Å²) in [6, 6.07) is 48.0. The van der Waals surface area contributed by atoms with Gasteiger partial charge in [-0.3, -0.25) is 0 Å². The first kappa shape index (κ1) is 26.8. The summed E-state index contributed by atoms with van der Waals surface area (Å²) in [4.78, 5) is 2.70. The van der Waals surface area contributed by atoms with Crippen LogP contribution in [0.15, 0.2) is 127 Å². The van der Waals surface area contributed by atoms with Gasteiger partial charge in [0.25, 0.3) is 0 Å². The summed E-state index contributed by atoms with van der Waals surface area (Å²) in [5.41, 5.74) is 9.57. The first-order chi connectivity index (χ1) is 22.1. The van der Waals surface area contributed by atoms with E-state index in [-0.39, 0.29) is 11.0 Å². The molecule has 45 heavy (non-hydrogen) atoms. The Morgan fingerprint density at radius 2 is 1.09 bits per heavy atom. The third-order valence-electron chi connectivity index (χ3n) is 11.7. The summed E-state index contributed by atoms with van der Waals surface area (Å²) >= 11 is 0. The van der Waals surface area contributed by atoms with Gasteiger partial charge in [-0.2, -0.15) is 0 Å². The number of hydrogen-bond donors (Lipinski definition) is 0. The summed E-state index contributed by atoms with van der Waals surface area (Å²) in [6.45, 7) is 5.12. The van der Waals surface area contributed by atoms with Gasteiger partial charge in [0.2, 0.25) is 0 Å². The van der Waals surface area contributed by atoms with Crippen LogP contribution in [-0.4, -0.2) is 5.54 Å². The molecule has 0 amide bonds. The highest BCUT2D eigenvalue weighted by Gasteiger charge is 2.56. The molecule has 7 aromatic carbocycles. The van der Waals surface area contributed by atoms with Gasteiger partial charge >= 0.3 is 0 Å². The molecule has 1 aliphatic heterocycles. The van der Waals surface area contributed by atoms with Gasteiger partial charge in [-0.05, 0) is 104 Å². The maximum atomic E-state index is 2.70. The van der Waals surface area contributed by atoms with Gasteiger partial charge in [-0.15, -0.1) is 0 Å². The molecular formula is C44H39N. The van der Waals surface area contributed by atoms with Crippen LogP contribution in [0.3, 0.4) is 0 Å². The van der Waals surface area contributed by atoms with E-state index in [2.05, 4.69) is 146 Å². The Morgan fingerprint density at radius 1 is 0.511 bits per heavy atom. The van der Waals surface area contributed by atoms with Gasteiger partial charge in [0, 0.05) is 16.8 Å². The Kier molecular flexibility index (Phi) is 5.91. The van der Waals surface area contributed by atoms with E-state index in [9.17, 15) is 0 Å². The van der Waals surface area contributed by atoms with Crippen molar-refractivity contribution in [2.75, 3.05) is 4.90 Å². The molecule has 1 heteroatoms. The van der Waals surface area contributed by atoms with E-state index < -0.39 is 0 Å². The molecule has 0 saturated heterocycles. The minimum atomic E-state index is 0.0340. The molecule has 1 fully saturated rings. The number of para-hydroxylation sites is 1. The van der Waals surface area contributed by atoms with Crippen molar-refractivity contribution >= 4 is 43.7 Å². The highest BCUT2D eigenvalue weighted by Crippen LogP contribution is 2.60. The summed E-state index contributed by atoms with van der Waals surface area (Å²) in [7, 11) is 0. The Morgan fingerprint density at radius 3 is 1.76 bits per heavy atom. The van der Waals surface area contributed by atoms with Crippen LogP contribution in [0, 0.1) is 0 Å². The molecule has 1 aliphatic carbocycles. The van der Waals surface area contributed by atoms with E-state index in [4.69, 9.17) is 0 Å². The molecule has 1 heterocycles. The zero-order valence-electron chi connectivity index (χ0n) is 26.3. The van der Waals surface area contributed by atoms with Crippen molar-refractivity contribution in [3.63, 3.8) is 0 Å². The smallest absolute Gasteiger partial charge is 0.0517 e. The van der Waals surface area contributed by atoms with Crippen molar-refractivity contribution < 1.29 is 0 Å². The lowest BCUT2D eigenvalue weighted by Gasteiger charge is -2.48. The highest BCUT2D eigenvalue weighted by molar-refractivity contribution is 6.27. The Labute approximate surface area is 266 Å². The standard InChI is InChI=1S/C44H39N/c1-43-27-11-3-4-12-28-44(43,2)45(34-15-9-6-10-16-34)40-26-21-33(29-39(40)43)36-23-18-32-19-24-37-35(30-13-7-5-8-14-30)22-17-31-20-25-38(36)42(32)41(31)37/h5-10,13-26,29H,3-4,11-12,27-28H2,1-2H3. The molecule has 0 radical (unpaired) electrons. The maximum Gasteiger partial charge on any atom is 0.0517 e. The lowest BCUT2D eigenvalue weighted by atomic mass is 9.63. The van der Waals surface area contributed by atoms with Crippen molar-refractivity contribution in [3.8, 4) is 22.3 Å². The predicted molar refractivity (Wildman–Crippen MR) is 193 cm³/mol. The van der Waals surface area contributed by atoms with E-state index in [0.29, 0.717) is 0 Å². The number of rotatable bonds is 3. The molecular weight excluding hydrogens is 542 g/mol. The van der Waals surface area contributed by atoms with Crippen LogP contribution in [0.25, 0.3) is 54.6 Å². The van der Waals surface area contributed by atoms with Gasteiger partial charge in [-0.1, -0.05) is 136 Å². The fraction of sp³-hybridized carbons (Fsp3) is 0.227. The summed E-state index contributed by atoms with van der Waals surface area (Å²) in [5, 5.41) is 8.06. The maximum absolute atomic E-state index is 2.70. The predicted octanol–water partition coefficient (Wildman–Crippen LogP) is 12.4. The molecule has 0 N–H and O–H groups in total. The lowest BCUT2D eigenvalue weighted by molar-refractivity contribution is 0.218. The van der Waals surface area contributed by atoms with Crippen LogP contribution in [-0.2, 0) is 5.41 Å². The number of hydrogen-bond acceptors (Lipinski definition) is 1. The average Bonchev–Trinajstić information content (AvgIpc) is 3.26. The molecule has 2 unspecified atom stereocenters. The van der Waals surface area contributed by atoms with Crippen LogP contribution in [0.4, 0.5) is 11.4 Å². The normalized spacial score (nSPS) is 21.6. The number of benzene rings is 7. The molecule has 1 nitrogen and oxygen atoms in total. The van der Waals surface area contributed by atoms with Crippen molar-refractivity contribution in [2.24, 2.45) is 0 Å². The van der Waals surface area contributed by atoms with Crippen LogP contribution >= 0.6 is 0 Å². The topological polar surface area (TPSA) is 3.24 Å². The van der Waals surface area contributed by atoms with Crippen molar-refractivity contribution in [2.45, 2.75) is 63.3 Å². The van der Waals surface area contributed by atoms with Crippen molar-refractivity contribution in [1.82, 2.24) is 0 Å². The molecule has 0 spiro atoms. The van der Waals surface area contributed by atoms with Gasteiger partial charge in [0.15, 0.2) is 0 Å². The molecule has 2 aliphatic rings. The quantitative estimate of drug-likeness (QED) is 0.188. The van der Waals surface area contributed by atoms with E-state index in [1.807, 2.05) is 0 Å². The first-order valence-corrected chi connectivity index (χ1v) is 16.8. The van der Waals surface area contributed by atoms with Gasteiger partial charge in [0.05, 0.1) is 5.54 Å². The summed E-state index contributed by atoms with van der Waals surface area (Å²) < 4.78 is 0. The highest BCUT2D eigenvalue weighted by atomic mass is 15.2. The van der Waals surface area contributed by atoms with Gasteiger partial charge in [-0.25, -0.2) is 0 Å². The van der Waals surface area contributed by atoms with Crippen LogP contribution < -0.4 is 4.90 Å². The largest absolute Gasteiger partial charge is 0.334 e. The Balaban J connectivity index is 1.27. The monoisotopic (exact) mass is 581 g/mol. The number of anilines is 2. The number of nitrogens with zero attached hydrogens (tertiary/aromatic N) is 1. The molecule has 0 aromatic heterocycles. The summed E-state index contributed by atoms with van der Waals surface area (Å²) in [6.07, 6.45) is 7.70. The molecule has 9 rings (SSSR count). The minimum absolute atomic E-state index is 0.0340. The molecule has 0 bridgehead atoms. The third kappa shape index (κ3) is 3.80. The van der Waals surface area contributed by atoms with Crippen LogP contribution in [0.1, 0.15) is 57.9 Å². The Hall–Kier alpha value is -4.62. The third-order valence-corrected chi connectivity index (χ3v) is 11.7. The molecule has 2 atom stereocenters. The van der Waals surface area contributed by atoms with E-state index in [1.165, 1.54) is 110 Å². The second-order valence-corrected chi connectivity index (χ2v) is 13.9. The molecule has 7 aromatic rings. The average molecular weight is 582 g/mol. The van der Waals surface area contributed by atoms with Crippen molar-refractivity contribution in [1.29, 1.82) is 0 Å². The molecule has 220 valence electrons. The Bertz CT molecular complexity index is 2200. The SMILES string of the molecule is CC12CCCCCCC1(C)N(c1ccccc1)c1ccc(-c3ccc4ccc5c(-c6ccccc6)ccc6ccc3c4c65)cc12. The van der Waals surface area contributed by atoms with E-state index in [0.717, 1.165) is 0 Å². The van der Waals surface area contributed by atoms with Crippen LogP contribution in [0.5, 0.6) is 0 Å². The van der Waals surface area contributed by atoms with Crippen LogP contribution in [0.2, 0.25) is 0 Å². The van der Waals surface area contributed by atoms with Crippen molar-refractivity contribution in [3.05, 3.63) is 133 Å². The first-order valence-electron chi connectivity index (χ1n) is 16.8. The van der Waals surface area contributed by atoms with Gasteiger partial charge < -0.3 is 4.90 Å². The second-order valence-electron chi connectivity index (χ2n) is 13.9. The number of fused-ring (bicyclic) bond motifs is 3. The summed E-state index contributed by atoms with van der Waals surface area (Å²) in [5.74, 6) is 0. The second kappa shape index (κ2) is 9.94. The lowest BCUT2D eigenvalue weighted by Crippen LogP contribution is -2.53. The zero-order valence-corrected chi connectivity index (χ0v) is 26.3. The fourth-order valence-electron chi connectivity index (χ4n) is 9.16. The molecule has 1 saturated carbocycles. The zero-order chi connectivity index (χ0) is 30.2.